The smallest absolute Gasteiger partial charge is 0.150 e. The minimum Gasteiger partial charge on any atom is -0.454 e. The average molecular weight is 333 g/mol. The van der Waals surface area contributed by atoms with Crippen LogP contribution in [0.1, 0.15) is 0 Å². The minimum absolute atomic E-state index is 0.466. The number of ether oxygens (including phenoxy) is 1. The third-order valence-corrected chi connectivity index (χ3v) is 3.13. The molecule has 2 N–H and O–H groups in total. The van der Waals surface area contributed by atoms with E-state index < -0.39 is 0 Å². The lowest BCUT2D eigenvalue weighted by molar-refractivity contribution is 0.485. The molecule has 0 bridgehead atoms. The summed E-state index contributed by atoms with van der Waals surface area (Å²) in [5, 5.41) is 1.08. The van der Waals surface area contributed by atoms with Gasteiger partial charge in [-0.3, -0.25) is 0 Å². The lowest BCUT2D eigenvalue weighted by atomic mass is 10.3. The predicted octanol–water partition coefficient (Wildman–Crippen LogP) is 5.13. The summed E-state index contributed by atoms with van der Waals surface area (Å²) in [7, 11) is 0. The number of rotatable bonds is 2. The molecule has 0 saturated carbocycles. The molecule has 2 aromatic carbocycles. The van der Waals surface area contributed by atoms with E-state index in [2.05, 4.69) is 15.9 Å². The fraction of sp³-hybridized carbons (Fsp3) is 0. The number of halogens is 3. The maximum Gasteiger partial charge on any atom is 0.150 e. The van der Waals surface area contributed by atoms with Crippen molar-refractivity contribution in [1.82, 2.24) is 0 Å². The van der Waals surface area contributed by atoms with Gasteiger partial charge >= 0.3 is 0 Å². The van der Waals surface area contributed by atoms with E-state index in [0.29, 0.717) is 27.2 Å². The number of benzene rings is 2. The summed E-state index contributed by atoms with van der Waals surface area (Å²) in [5.74, 6) is 1.06. The van der Waals surface area contributed by atoms with E-state index in [1.54, 1.807) is 30.3 Å². The monoisotopic (exact) mass is 331 g/mol. The number of hydrogen-bond acceptors (Lipinski definition) is 2. The normalized spacial score (nSPS) is 10.3. The van der Waals surface area contributed by atoms with Crippen molar-refractivity contribution in [2.45, 2.75) is 0 Å². The van der Waals surface area contributed by atoms with Crippen molar-refractivity contribution in [3.8, 4) is 11.5 Å². The Kier molecular flexibility index (Phi) is 3.82. The molecular formula is C12H8BrCl2NO. The van der Waals surface area contributed by atoms with Gasteiger partial charge < -0.3 is 10.5 Å². The van der Waals surface area contributed by atoms with Crippen LogP contribution >= 0.6 is 39.1 Å². The predicted molar refractivity (Wildman–Crippen MR) is 75.1 cm³/mol. The van der Waals surface area contributed by atoms with Crippen LogP contribution in [0.3, 0.4) is 0 Å². The molecule has 0 aliphatic carbocycles. The lowest BCUT2D eigenvalue weighted by Gasteiger charge is -2.10. The van der Waals surface area contributed by atoms with Gasteiger partial charge in [0.15, 0.2) is 0 Å². The third kappa shape index (κ3) is 3.06. The van der Waals surface area contributed by atoms with E-state index in [9.17, 15) is 0 Å². The van der Waals surface area contributed by atoms with Crippen LogP contribution in [0.5, 0.6) is 11.5 Å². The summed E-state index contributed by atoms with van der Waals surface area (Å²) >= 11 is 15.2. The Hall–Kier alpha value is -0.900. The zero-order valence-corrected chi connectivity index (χ0v) is 11.7. The molecule has 0 spiro atoms. The molecule has 0 aliphatic rings. The SMILES string of the molecule is Nc1cc(Cl)ccc1Oc1cc(Br)ccc1Cl. The summed E-state index contributed by atoms with van der Waals surface area (Å²) in [6.45, 7) is 0. The zero-order valence-electron chi connectivity index (χ0n) is 8.58. The van der Waals surface area contributed by atoms with Crippen molar-refractivity contribution >= 4 is 44.8 Å². The van der Waals surface area contributed by atoms with Gasteiger partial charge in [-0.2, -0.15) is 0 Å². The zero-order chi connectivity index (χ0) is 12.4. The Morgan fingerprint density at radius 3 is 2.47 bits per heavy atom. The molecule has 0 aliphatic heterocycles. The quantitative estimate of drug-likeness (QED) is 0.773. The van der Waals surface area contributed by atoms with Gasteiger partial charge in [0.2, 0.25) is 0 Å². The van der Waals surface area contributed by atoms with Crippen molar-refractivity contribution in [3.63, 3.8) is 0 Å². The summed E-state index contributed by atoms with van der Waals surface area (Å²) in [6, 6.07) is 10.4. The highest BCUT2D eigenvalue weighted by atomic mass is 79.9. The van der Waals surface area contributed by atoms with Gasteiger partial charge in [0.05, 0.1) is 10.7 Å². The molecule has 88 valence electrons. The third-order valence-electron chi connectivity index (χ3n) is 2.08. The maximum atomic E-state index is 6.02. The van der Waals surface area contributed by atoms with Crippen molar-refractivity contribution in [2.75, 3.05) is 5.73 Å². The summed E-state index contributed by atoms with van der Waals surface area (Å²) in [5.41, 5.74) is 6.26. The van der Waals surface area contributed by atoms with E-state index in [-0.39, 0.29) is 0 Å². The highest BCUT2D eigenvalue weighted by molar-refractivity contribution is 9.10. The molecule has 0 unspecified atom stereocenters. The van der Waals surface area contributed by atoms with Crippen LogP contribution < -0.4 is 10.5 Å². The number of nitrogens with two attached hydrogens (primary N) is 1. The largest absolute Gasteiger partial charge is 0.454 e. The van der Waals surface area contributed by atoms with Gasteiger partial charge in [-0.05, 0) is 36.4 Å². The molecular weight excluding hydrogens is 325 g/mol. The first-order valence-electron chi connectivity index (χ1n) is 4.74. The van der Waals surface area contributed by atoms with Gasteiger partial charge in [-0.25, -0.2) is 0 Å². The topological polar surface area (TPSA) is 35.2 Å². The van der Waals surface area contributed by atoms with Crippen LogP contribution in [-0.4, -0.2) is 0 Å². The Labute approximate surface area is 117 Å². The van der Waals surface area contributed by atoms with Gasteiger partial charge in [0, 0.05) is 9.50 Å². The van der Waals surface area contributed by atoms with Gasteiger partial charge in [0.1, 0.15) is 11.5 Å². The summed E-state index contributed by atoms with van der Waals surface area (Å²) in [6.07, 6.45) is 0. The van der Waals surface area contributed by atoms with Gasteiger partial charge in [-0.15, -0.1) is 0 Å². The number of hydrogen-bond donors (Lipinski definition) is 1. The van der Waals surface area contributed by atoms with Crippen LogP contribution in [0.15, 0.2) is 40.9 Å². The first kappa shape index (κ1) is 12.6. The van der Waals surface area contributed by atoms with Crippen molar-refractivity contribution in [3.05, 3.63) is 50.9 Å². The Morgan fingerprint density at radius 2 is 1.76 bits per heavy atom. The van der Waals surface area contributed by atoms with E-state index >= 15 is 0 Å². The molecule has 0 saturated heterocycles. The second-order valence-electron chi connectivity index (χ2n) is 3.36. The average Bonchev–Trinajstić information content (AvgIpc) is 2.27. The molecule has 17 heavy (non-hydrogen) atoms. The van der Waals surface area contributed by atoms with Crippen LogP contribution in [0.2, 0.25) is 10.0 Å². The molecule has 0 radical (unpaired) electrons. The molecule has 0 amide bonds. The summed E-state index contributed by atoms with van der Waals surface area (Å²) < 4.78 is 6.51. The van der Waals surface area contributed by atoms with Crippen LogP contribution in [0.25, 0.3) is 0 Å². The molecule has 0 atom stereocenters. The molecule has 2 nitrogen and oxygen atoms in total. The molecule has 2 rings (SSSR count). The molecule has 0 fully saturated rings. The second-order valence-corrected chi connectivity index (χ2v) is 5.12. The van der Waals surface area contributed by atoms with Crippen molar-refractivity contribution < 1.29 is 4.74 Å². The van der Waals surface area contributed by atoms with E-state index in [4.69, 9.17) is 33.7 Å². The van der Waals surface area contributed by atoms with Crippen LogP contribution in [-0.2, 0) is 0 Å². The van der Waals surface area contributed by atoms with E-state index in [1.165, 1.54) is 0 Å². The number of nitrogen functional groups attached to an aromatic ring is 1. The molecule has 5 heteroatoms. The fourth-order valence-corrected chi connectivity index (χ4v) is 1.96. The highest BCUT2D eigenvalue weighted by Crippen LogP contribution is 2.35. The van der Waals surface area contributed by atoms with E-state index in [0.717, 1.165) is 4.47 Å². The van der Waals surface area contributed by atoms with Crippen molar-refractivity contribution in [2.24, 2.45) is 0 Å². The second kappa shape index (κ2) is 5.17. The first-order chi connectivity index (χ1) is 8.06. The molecule has 2 aromatic rings. The van der Waals surface area contributed by atoms with Gasteiger partial charge in [0.25, 0.3) is 0 Å². The minimum atomic E-state index is 0.466. The van der Waals surface area contributed by atoms with Crippen LogP contribution in [0.4, 0.5) is 5.69 Å². The van der Waals surface area contributed by atoms with Gasteiger partial charge in [-0.1, -0.05) is 39.1 Å². The summed E-state index contributed by atoms with van der Waals surface area (Å²) in [4.78, 5) is 0. The number of anilines is 1. The molecule has 0 aromatic heterocycles. The Balaban J connectivity index is 2.34. The highest BCUT2D eigenvalue weighted by Gasteiger charge is 2.07. The lowest BCUT2D eigenvalue weighted by Crippen LogP contribution is -1.92. The van der Waals surface area contributed by atoms with E-state index in [1.807, 2.05) is 6.07 Å². The van der Waals surface area contributed by atoms with Crippen molar-refractivity contribution in [1.29, 1.82) is 0 Å². The first-order valence-corrected chi connectivity index (χ1v) is 6.29. The maximum absolute atomic E-state index is 6.02. The Morgan fingerprint density at radius 1 is 1.00 bits per heavy atom. The molecule has 0 heterocycles. The van der Waals surface area contributed by atoms with Crippen LogP contribution in [0, 0.1) is 0 Å². The standard InChI is InChI=1S/C12H8BrCl2NO/c13-7-1-3-9(15)12(5-7)17-11-4-2-8(14)6-10(11)16/h1-6H,16H2. The Bertz CT molecular complexity index is 560. The fourth-order valence-electron chi connectivity index (χ4n) is 1.29.